The summed E-state index contributed by atoms with van der Waals surface area (Å²) in [5.74, 6) is -0.858. The molecule has 77 heavy (non-hydrogen) atoms. The number of unbranched alkanes of at least 4 members (excludes halogenated alkanes) is 41. The Morgan fingerprint density at radius 1 is 0.273 bits per heavy atom. The molecule has 0 rings (SSSR count). The number of hydrogen-bond acceptors (Lipinski definition) is 6. The van der Waals surface area contributed by atoms with E-state index >= 15 is 0 Å². The van der Waals surface area contributed by atoms with Crippen molar-refractivity contribution in [2.24, 2.45) is 0 Å². The minimum atomic E-state index is -0.776. The minimum absolute atomic E-state index is 0.0724. The van der Waals surface area contributed by atoms with E-state index < -0.39 is 6.10 Å². The van der Waals surface area contributed by atoms with Gasteiger partial charge in [0.25, 0.3) is 0 Å². The first-order chi connectivity index (χ1) is 38.0. The Morgan fingerprint density at radius 2 is 0.506 bits per heavy atom. The van der Waals surface area contributed by atoms with Crippen molar-refractivity contribution in [2.75, 3.05) is 13.2 Å². The average molecular weight is 1080 g/mol. The SMILES string of the molecule is CC/C=C\C/C=C\C/C=C\C/C=C\CCCCCCCCCCCCCCCCC(=O)OCC(COC(=O)CCCCCCC/C=C\CCCCCCCC)OC(=O)CCCCCCCCCCCCCCCCCCC. The molecule has 0 aromatic rings. The van der Waals surface area contributed by atoms with Gasteiger partial charge in [-0.15, -0.1) is 0 Å². The summed E-state index contributed by atoms with van der Waals surface area (Å²) in [6, 6.07) is 0. The van der Waals surface area contributed by atoms with E-state index in [2.05, 4.69) is 81.5 Å². The fraction of sp³-hybridized carbons (Fsp3) is 0.817. The number of carbonyl (C=O) groups excluding carboxylic acids is 3. The van der Waals surface area contributed by atoms with Gasteiger partial charge in [0, 0.05) is 19.3 Å². The normalized spacial score (nSPS) is 12.4. The fourth-order valence-electron chi connectivity index (χ4n) is 9.96. The molecule has 0 aliphatic heterocycles. The summed E-state index contributed by atoms with van der Waals surface area (Å²) in [5.41, 5.74) is 0. The van der Waals surface area contributed by atoms with Gasteiger partial charge in [-0.1, -0.05) is 313 Å². The Morgan fingerprint density at radius 3 is 0.805 bits per heavy atom. The topological polar surface area (TPSA) is 78.9 Å². The average Bonchev–Trinajstić information content (AvgIpc) is 3.43. The van der Waals surface area contributed by atoms with Gasteiger partial charge in [-0.05, 0) is 83.5 Å². The van der Waals surface area contributed by atoms with E-state index in [-0.39, 0.29) is 31.1 Å². The quantitative estimate of drug-likeness (QED) is 0.0261. The molecule has 0 aromatic carbocycles. The van der Waals surface area contributed by atoms with Gasteiger partial charge < -0.3 is 14.2 Å². The summed E-state index contributed by atoms with van der Waals surface area (Å²) >= 11 is 0. The van der Waals surface area contributed by atoms with Crippen LogP contribution in [0.1, 0.15) is 355 Å². The molecule has 0 aliphatic carbocycles. The third-order valence-electron chi connectivity index (χ3n) is 15.0. The number of rotatable bonds is 62. The maximum atomic E-state index is 12.9. The third-order valence-corrected chi connectivity index (χ3v) is 15.0. The van der Waals surface area contributed by atoms with Gasteiger partial charge in [-0.25, -0.2) is 0 Å². The zero-order valence-corrected chi connectivity index (χ0v) is 51.5. The number of carbonyl (C=O) groups is 3. The molecule has 1 atom stereocenters. The van der Waals surface area contributed by atoms with Crippen molar-refractivity contribution in [1.82, 2.24) is 0 Å². The second kappa shape index (κ2) is 65.6. The number of ether oxygens (including phenoxy) is 3. The van der Waals surface area contributed by atoms with E-state index in [0.717, 1.165) is 89.9 Å². The molecule has 0 amide bonds. The maximum absolute atomic E-state index is 12.9. The van der Waals surface area contributed by atoms with E-state index in [4.69, 9.17) is 14.2 Å². The van der Waals surface area contributed by atoms with Crippen LogP contribution >= 0.6 is 0 Å². The Bertz CT molecular complexity index is 1380. The highest BCUT2D eigenvalue weighted by Gasteiger charge is 2.19. The highest BCUT2D eigenvalue weighted by atomic mass is 16.6. The number of hydrogen-bond donors (Lipinski definition) is 0. The molecular formula is C71H128O6. The zero-order chi connectivity index (χ0) is 55.7. The molecule has 0 heterocycles. The fourth-order valence-corrected chi connectivity index (χ4v) is 9.96. The lowest BCUT2D eigenvalue weighted by molar-refractivity contribution is -0.167. The van der Waals surface area contributed by atoms with Crippen LogP contribution in [0.3, 0.4) is 0 Å². The monoisotopic (exact) mass is 1080 g/mol. The Balaban J connectivity index is 4.26. The predicted octanol–water partition coefficient (Wildman–Crippen LogP) is 23.1. The standard InChI is InChI=1S/C71H128O6/c1-4-7-10-13-16-19-22-25-28-30-31-32-33-34-35-36-37-38-39-41-43-46-49-52-55-58-61-64-70(73)76-67-68(66-75-69(72)63-60-57-54-51-48-45-42-27-24-21-18-15-12-9-6-3)77-71(74)65-62-59-56-53-50-47-44-40-29-26-23-20-17-14-11-8-5-2/h7,10,16,19,25,27-28,31-32,42,68H,4-6,8-9,11-15,17-18,20-24,26,29-30,33-41,43-67H2,1-3H3/b10-7-,19-16-,28-25-,32-31-,42-27-. The second-order valence-electron chi connectivity index (χ2n) is 22.7. The van der Waals surface area contributed by atoms with Crippen LogP contribution in [0.15, 0.2) is 60.8 Å². The van der Waals surface area contributed by atoms with Crippen molar-refractivity contribution < 1.29 is 28.6 Å². The Hall–Kier alpha value is -2.89. The van der Waals surface area contributed by atoms with Crippen molar-refractivity contribution in [3.05, 3.63) is 60.8 Å². The van der Waals surface area contributed by atoms with Crippen molar-refractivity contribution in [2.45, 2.75) is 361 Å². The largest absolute Gasteiger partial charge is 0.462 e. The molecule has 6 nitrogen and oxygen atoms in total. The van der Waals surface area contributed by atoms with Crippen LogP contribution in [0.2, 0.25) is 0 Å². The van der Waals surface area contributed by atoms with E-state index in [1.165, 1.54) is 225 Å². The van der Waals surface area contributed by atoms with E-state index in [9.17, 15) is 14.4 Å². The van der Waals surface area contributed by atoms with Crippen LogP contribution < -0.4 is 0 Å². The summed E-state index contributed by atoms with van der Waals surface area (Å²) in [6.45, 7) is 6.57. The van der Waals surface area contributed by atoms with Crippen molar-refractivity contribution in [3.8, 4) is 0 Å². The van der Waals surface area contributed by atoms with Gasteiger partial charge in [0.05, 0.1) is 0 Å². The van der Waals surface area contributed by atoms with Gasteiger partial charge in [0.1, 0.15) is 13.2 Å². The lowest BCUT2D eigenvalue weighted by Crippen LogP contribution is -2.30. The lowest BCUT2D eigenvalue weighted by Gasteiger charge is -2.18. The molecule has 0 saturated heterocycles. The van der Waals surface area contributed by atoms with Crippen LogP contribution in [-0.2, 0) is 28.6 Å². The van der Waals surface area contributed by atoms with Crippen molar-refractivity contribution in [1.29, 1.82) is 0 Å². The van der Waals surface area contributed by atoms with E-state index in [0.29, 0.717) is 19.3 Å². The first-order valence-electron chi connectivity index (χ1n) is 33.8. The minimum Gasteiger partial charge on any atom is -0.462 e. The lowest BCUT2D eigenvalue weighted by atomic mass is 10.0. The van der Waals surface area contributed by atoms with Crippen molar-refractivity contribution >= 4 is 17.9 Å². The highest BCUT2D eigenvalue weighted by molar-refractivity contribution is 5.71. The van der Waals surface area contributed by atoms with Gasteiger partial charge in [-0.3, -0.25) is 14.4 Å². The number of esters is 3. The molecule has 0 aliphatic rings. The van der Waals surface area contributed by atoms with Gasteiger partial charge in [0.15, 0.2) is 6.10 Å². The smallest absolute Gasteiger partial charge is 0.306 e. The van der Waals surface area contributed by atoms with Crippen LogP contribution in [-0.4, -0.2) is 37.2 Å². The molecule has 0 spiro atoms. The maximum Gasteiger partial charge on any atom is 0.306 e. The molecule has 0 bridgehead atoms. The zero-order valence-electron chi connectivity index (χ0n) is 51.5. The second-order valence-corrected chi connectivity index (χ2v) is 22.7. The Kier molecular flexibility index (Phi) is 63.2. The summed E-state index contributed by atoms with van der Waals surface area (Å²) in [6.07, 6.45) is 83.8. The third kappa shape index (κ3) is 63.8. The molecule has 0 radical (unpaired) electrons. The first-order valence-corrected chi connectivity index (χ1v) is 33.8. The molecule has 0 N–H and O–H groups in total. The number of allylic oxidation sites excluding steroid dienone is 10. The summed E-state index contributed by atoms with van der Waals surface area (Å²) in [7, 11) is 0. The predicted molar refractivity (Wildman–Crippen MR) is 335 cm³/mol. The molecule has 0 aromatic heterocycles. The molecule has 6 heteroatoms. The first kappa shape index (κ1) is 74.1. The molecule has 0 saturated carbocycles. The Labute approximate surface area is 479 Å². The van der Waals surface area contributed by atoms with Crippen LogP contribution in [0.25, 0.3) is 0 Å². The molecular weight excluding hydrogens is 949 g/mol. The molecule has 0 fully saturated rings. The molecule has 1 unspecified atom stereocenters. The molecule has 448 valence electrons. The highest BCUT2D eigenvalue weighted by Crippen LogP contribution is 2.18. The van der Waals surface area contributed by atoms with Gasteiger partial charge >= 0.3 is 17.9 Å². The van der Waals surface area contributed by atoms with Crippen molar-refractivity contribution in [3.63, 3.8) is 0 Å². The summed E-state index contributed by atoms with van der Waals surface area (Å²) < 4.78 is 17.0. The van der Waals surface area contributed by atoms with Crippen LogP contribution in [0.5, 0.6) is 0 Å². The van der Waals surface area contributed by atoms with E-state index in [1.807, 2.05) is 0 Å². The van der Waals surface area contributed by atoms with Crippen LogP contribution in [0, 0.1) is 0 Å². The summed E-state index contributed by atoms with van der Waals surface area (Å²) in [5, 5.41) is 0. The van der Waals surface area contributed by atoms with Gasteiger partial charge in [0.2, 0.25) is 0 Å². The summed E-state index contributed by atoms with van der Waals surface area (Å²) in [4.78, 5) is 38.4. The van der Waals surface area contributed by atoms with Crippen LogP contribution in [0.4, 0.5) is 0 Å². The van der Waals surface area contributed by atoms with E-state index in [1.54, 1.807) is 0 Å². The van der Waals surface area contributed by atoms with Gasteiger partial charge in [-0.2, -0.15) is 0 Å².